The van der Waals surface area contributed by atoms with Gasteiger partial charge in [-0.2, -0.15) is 11.6 Å². The van der Waals surface area contributed by atoms with Crippen LogP contribution in [0.5, 0.6) is 0 Å². The minimum atomic E-state index is 0. The first-order valence-corrected chi connectivity index (χ1v) is 3.38. The van der Waals surface area contributed by atoms with Crippen molar-refractivity contribution in [2.24, 2.45) is 5.41 Å². The molecule has 0 bridgehead atoms. The quantitative estimate of drug-likeness (QED) is 0.597. The number of allylic oxidation sites excluding steroid dienone is 4. The fourth-order valence-corrected chi connectivity index (χ4v) is 0.919. The topological polar surface area (TPSA) is 0 Å². The molecule has 70 valence electrons. The molecule has 0 nitrogen and oxygen atoms in total. The second-order valence-corrected chi connectivity index (χ2v) is 3.46. The Kier molecular flexibility index (Phi) is 11.4. The molecule has 0 N–H and O–H groups in total. The van der Waals surface area contributed by atoms with Crippen LogP contribution in [0.1, 0.15) is 27.2 Å². The third-order valence-electron chi connectivity index (χ3n) is 1.56. The Morgan fingerprint density at radius 2 is 1.75 bits per heavy atom. The predicted octanol–water partition coefficient (Wildman–Crippen LogP) is 3.56. The Bertz CT molecular complexity index is 166. The molecule has 0 radical (unpaired) electrons. The van der Waals surface area contributed by atoms with Crippen molar-refractivity contribution in [2.45, 2.75) is 27.2 Å². The first kappa shape index (κ1) is 18.7. The standard InChI is InChI=1S/C9H13.2ClH.Zr/c1-9(2,3)8-6-4-5-7-8;;;/h6-7H,4H2,1-3H3;2*1H;/q-1;;;. The molecule has 0 atom stereocenters. The Hall–Kier alpha value is 0.943. The summed E-state index contributed by atoms with van der Waals surface area (Å²) in [4.78, 5) is 0. The van der Waals surface area contributed by atoms with Crippen LogP contribution in [0.3, 0.4) is 0 Å². The molecule has 0 amide bonds. The van der Waals surface area contributed by atoms with Crippen LogP contribution in [0.15, 0.2) is 17.7 Å². The maximum absolute atomic E-state index is 3.16. The van der Waals surface area contributed by atoms with Gasteiger partial charge in [-0.1, -0.05) is 26.2 Å². The largest absolute Gasteiger partial charge is 0.273 e. The molecule has 0 heterocycles. The molecule has 1 rings (SSSR count). The molecule has 3 heteroatoms. The van der Waals surface area contributed by atoms with Crippen molar-refractivity contribution in [3.05, 3.63) is 23.8 Å². The molecule has 1 aliphatic rings. The van der Waals surface area contributed by atoms with Gasteiger partial charge in [0.25, 0.3) is 0 Å². The summed E-state index contributed by atoms with van der Waals surface area (Å²) >= 11 is 0. The molecule has 0 spiro atoms. The summed E-state index contributed by atoms with van der Waals surface area (Å²) in [6.45, 7) is 6.67. The first-order valence-electron chi connectivity index (χ1n) is 3.38. The summed E-state index contributed by atoms with van der Waals surface area (Å²) in [5, 5.41) is 0. The minimum absolute atomic E-state index is 0. The van der Waals surface area contributed by atoms with Gasteiger partial charge in [-0.15, -0.1) is 31.2 Å². The summed E-state index contributed by atoms with van der Waals surface area (Å²) in [6.07, 6.45) is 8.50. The van der Waals surface area contributed by atoms with Crippen LogP contribution in [0, 0.1) is 11.5 Å². The van der Waals surface area contributed by atoms with Crippen LogP contribution < -0.4 is 0 Å². The van der Waals surface area contributed by atoms with E-state index in [2.05, 4.69) is 39.0 Å². The molecule has 0 saturated heterocycles. The molecule has 0 aliphatic heterocycles. The fourth-order valence-electron chi connectivity index (χ4n) is 0.919. The molecule has 0 saturated carbocycles. The summed E-state index contributed by atoms with van der Waals surface area (Å²) < 4.78 is 0. The van der Waals surface area contributed by atoms with Gasteiger partial charge < -0.3 is 0 Å². The van der Waals surface area contributed by atoms with Gasteiger partial charge in [-0.25, -0.2) is 6.08 Å². The van der Waals surface area contributed by atoms with Crippen molar-refractivity contribution in [3.63, 3.8) is 0 Å². The van der Waals surface area contributed by atoms with Crippen molar-refractivity contribution in [1.82, 2.24) is 0 Å². The summed E-state index contributed by atoms with van der Waals surface area (Å²) in [7, 11) is 0. The Balaban J connectivity index is -0.000000270. The molecular weight excluding hydrogens is 270 g/mol. The van der Waals surface area contributed by atoms with Crippen LogP contribution in [0.25, 0.3) is 0 Å². The van der Waals surface area contributed by atoms with E-state index >= 15 is 0 Å². The van der Waals surface area contributed by atoms with E-state index in [1.54, 1.807) is 0 Å². The van der Waals surface area contributed by atoms with E-state index in [4.69, 9.17) is 0 Å². The van der Waals surface area contributed by atoms with E-state index in [9.17, 15) is 0 Å². The number of hydrogen-bond donors (Lipinski definition) is 0. The number of rotatable bonds is 0. The van der Waals surface area contributed by atoms with Crippen molar-refractivity contribution in [2.75, 3.05) is 0 Å². The van der Waals surface area contributed by atoms with Gasteiger partial charge in [0.05, 0.1) is 0 Å². The van der Waals surface area contributed by atoms with Crippen molar-refractivity contribution >= 4 is 24.8 Å². The zero-order valence-electron chi connectivity index (χ0n) is 7.68. The molecule has 0 aromatic carbocycles. The van der Waals surface area contributed by atoms with E-state index in [1.165, 1.54) is 5.57 Å². The van der Waals surface area contributed by atoms with Gasteiger partial charge in [0.2, 0.25) is 0 Å². The third-order valence-corrected chi connectivity index (χ3v) is 1.56. The zero-order chi connectivity index (χ0) is 6.91. The molecule has 0 unspecified atom stereocenters. The van der Waals surface area contributed by atoms with E-state index in [0.29, 0.717) is 5.41 Å². The maximum Gasteiger partial charge on any atom is 0 e. The van der Waals surface area contributed by atoms with Crippen LogP contribution in [0.4, 0.5) is 0 Å². The smallest absolute Gasteiger partial charge is 0 e. The van der Waals surface area contributed by atoms with E-state index in [1.807, 2.05) is 0 Å². The Labute approximate surface area is 107 Å². The SMILES string of the molecule is CC(C)(C)C1=CC[C-]=C1.Cl.Cl.[Zr]. The molecule has 0 aromatic heterocycles. The molecule has 12 heavy (non-hydrogen) atoms. The van der Waals surface area contributed by atoms with Crippen molar-refractivity contribution in [3.8, 4) is 0 Å². The summed E-state index contributed by atoms with van der Waals surface area (Å²) in [6, 6.07) is 0. The van der Waals surface area contributed by atoms with Crippen molar-refractivity contribution < 1.29 is 26.2 Å². The van der Waals surface area contributed by atoms with Gasteiger partial charge in [-0.05, 0) is 0 Å². The van der Waals surface area contributed by atoms with E-state index < -0.39 is 0 Å². The zero-order valence-corrected chi connectivity index (χ0v) is 11.8. The van der Waals surface area contributed by atoms with Gasteiger partial charge in [-0.3, -0.25) is 6.08 Å². The average Bonchev–Trinajstić information content (AvgIpc) is 2.08. The van der Waals surface area contributed by atoms with Gasteiger partial charge in [0.1, 0.15) is 0 Å². The Morgan fingerprint density at radius 1 is 1.25 bits per heavy atom. The third kappa shape index (κ3) is 5.57. The Morgan fingerprint density at radius 3 is 1.92 bits per heavy atom. The van der Waals surface area contributed by atoms with Crippen molar-refractivity contribution in [1.29, 1.82) is 0 Å². The van der Waals surface area contributed by atoms with Crippen LogP contribution in [0.2, 0.25) is 0 Å². The molecular formula is C9H15Cl2Zr-. The summed E-state index contributed by atoms with van der Waals surface area (Å²) in [5.41, 5.74) is 1.74. The van der Waals surface area contributed by atoms with E-state index in [0.717, 1.165) is 6.42 Å². The normalized spacial score (nSPS) is 13.8. The minimum Gasteiger partial charge on any atom is -0.273 e. The van der Waals surface area contributed by atoms with Crippen LogP contribution >= 0.6 is 24.8 Å². The molecule has 1 aliphatic carbocycles. The monoisotopic (exact) mass is 283 g/mol. The number of hydrogen-bond acceptors (Lipinski definition) is 0. The van der Waals surface area contributed by atoms with Gasteiger partial charge in [0.15, 0.2) is 0 Å². The number of halogens is 2. The summed E-state index contributed by atoms with van der Waals surface area (Å²) in [5.74, 6) is 0. The molecule has 0 fully saturated rings. The second-order valence-electron chi connectivity index (χ2n) is 3.46. The van der Waals surface area contributed by atoms with Crippen LogP contribution in [-0.2, 0) is 26.2 Å². The second kappa shape index (κ2) is 7.36. The fraction of sp³-hybridized carbons (Fsp3) is 0.556. The van der Waals surface area contributed by atoms with E-state index in [-0.39, 0.29) is 51.0 Å². The van der Waals surface area contributed by atoms with Crippen LogP contribution in [-0.4, -0.2) is 0 Å². The van der Waals surface area contributed by atoms with Gasteiger partial charge in [0, 0.05) is 26.2 Å². The van der Waals surface area contributed by atoms with Gasteiger partial charge >= 0.3 is 0 Å². The first-order chi connectivity index (χ1) is 4.11. The maximum atomic E-state index is 3.16. The predicted molar refractivity (Wildman–Crippen MR) is 54.5 cm³/mol. The molecule has 0 aromatic rings. The average molecular weight is 285 g/mol.